The monoisotopic (exact) mass is 700 g/mol. The Morgan fingerprint density at radius 2 is 0.736 bits per heavy atom. The Labute approximate surface area is 307 Å². The highest BCUT2D eigenvalue weighted by molar-refractivity contribution is 7.91. The van der Waals surface area contributed by atoms with E-state index >= 15 is 0 Å². The second kappa shape index (κ2) is 12.2. The van der Waals surface area contributed by atoms with Gasteiger partial charge in [-0.25, -0.2) is 8.42 Å². The zero-order valence-corrected chi connectivity index (χ0v) is 29.4. The van der Waals surface area contributed by atoms with Crippen LogP contribution in [0.2, 0.25) is 0 Å². The molecule has 0 N–H and O–H groups in total. The van der Waals surface area contributed by atoms with Crippen LogP contribution in [0, 0.1) is 0 Å². The van der Waals surface area contributed by atoms with Gasteiger partial charge < -0.3 is 9.30 Å². The molecule has 2 aromatic heterocycles. The van der Waals surface area contributed by atoms with Crippen molar-refractivity contribution >= 4 is 65.0 Å². The summed E-state index contributed by atoms with van der Waals surface area (Å²) in [5.41, 5.74) is 10.8. The maximum Gasteiger partial charge on any atom is 0.206 e. The molecule has 0 aliphatic rings. The summed E-state index contributed by atoms with van der Waals surface area (Å²) in [6.07, 6.45) is 0. The lowest BCUT2D eigenvalue weighted by Gasteiger charge is -2.25. The van der Waals surface area contributed by atoms with Crippen LogP contribution < -0.4 is 4.90 Å². The number of hydrogen-bond acceptors (Lipinski definition) is 3. The van der Waals surface area contributed by atoms with Gasteiger partial charge in [-0.05, 0) is 107 Å². The molecule has 252 valence electrons. The Kier molecular flexibility index (Phi) is 7.17. The van der Waals surface area contributed by atoms with Crippen LogP contribution in [0.25, 0.3) is 60.3 Å². The number of anilines is 3. The van der Waals surface area contributed by atoms with Crippen molar-refractivity contribution < 1.29 is 8.42 Å². The average Bonchev–Trinajstić information content (AvgIpc) is 3.74. The molecule has 10 rings (SSSR count). The number of hydrogen-bond donors (Lipinski definition) is 0. The summed E-state index contributed by atoms with van der Waals surface area (Å²) < 4.78 is 30.0. The van der Waals surface area contributed by atoms with Crippen LogP contribution in [-0.4, -0.2) is 12.8 Å². The summed E-state index contributed by atoms with van der Waals surface area (Å²) in [5, 5.41) is 4.81. The highest BCUT2D eigenvalue weighted by atomic mass is 32.2. The van der Waals surface area contributed by atoms with Crippen LogP contribution in [0.4, 0.5) is 17.1 Å². The van der Waals surface area contributed by atoms with Crippen molar-refractivity contribution in [1.29, 1.82) is 0 Å². The molecule has 0 saturated carbocycles. The fraction of sp³-hybridized carbons (Fsp3) is 0. The molecule has 0 spiro atoms. The van der Waals surface area contributed by atoms with E-state index in [4.69, 9.17) is 0 Å². The van der Waals surface area contributed by atoms with Gasteiger partial charge in [0.2, 0.25) is 9.84 Å². The lowest BCUT2D eigenvalue weighted by molar-refractivity contribution is 0.596. The number of sulfone groups is 1. The number of benzene rings is 8. The van der Waals surface area contributed by atoms with Gasteiger partial charge in [0.15, 0.2) is 0 Å². The predicted molar refractivity (Wildman–Crippen MR) is 219 cm³/mol. The van der Waals surface area contributed by atoms with E-state index in [1.807, 2.05) is 60.7 Å². The number of para-hydroxylation sites is 4. The molecule has 2 heterocycles. The minimum absolute atomic E-state index is 0.268. The normalized spacial score (nSPS) is 11.9. The zero-order valence-electron chi connectivity index (χ0n) is 28.6. The number of fused-ring (bicyclic) bond motifs is 6. The third-order valence-electron chi connectivity index (χ3n) is 10.4. The van der Waals surface area contributed by atoms with Crippen molar-refractivity contribution in [3.8, 4) is 22.3 Å². The van der Waals surface area contributed by atoms with Crippen LogP contribution in [0.15, 0.2) is 204 Å². The molecule has 0 bridgehead atoms. The molecule has 0 amide bonds. The van der Waals surface area contributed by atoms with Gasteiger partial charge in [-0.15, -0.1) is 0 Å². The Morgan fingerprint density at radius 3 is 1.21 bits per heavy atom. The maximum absolute atomic E-state index is 13.8. The summed E-state index contributed by atoms with van der Waals surface area (Å²) in [7, 11) is -3.73. The van der Waals surface area contributed by atoms with E-state index in [9.17, 15) is 8.42 Å². The highest BCUT2D eigenvalue weighted by Crippen LogP contribution is 2.42. The van der Waals surface area contributed by atoms with Crippen LogP contribution >= 0.6 is 0 Å². The number of rotatable bonds is 7. The van der Waals surface area contributed by atoms with Gasteiger partial charge in [0.1, 0.15) is 0 Å². The van der Waals surface area contributed by atoms with Crippen molar-refractivity contribution in [1.82, 2.24) is 4.40 Å². The van der Waals surface area contributed by atoms with Crippen molar-refractivity contribution in [3.63, 3.8) is 0 Å². The standard InChI is InChI=1S/C48H32N2O2S/c51-53(52,40-27-21-34(22-28-40)33-19-25-39(26-20-33)49(37-11-3-1-4-12-37)38-13-5-2-6-14-38)41-29-23-35(24-30-41)36-31-44-42-15-7-9-17-46(42)50-47-18-10-8-16-43(47)45(32-36)48(44)50/h1-32H. The molecule has 4 nitrogen and oxygen atoms in total. The summed E-state index contributed by atoms with van der Waals surface area (Å²) in [6, 6.07) is 64.9. The van der Waals surface area contributed by atoms with Crippen molar-refractivity contribution in [2.24, 2.45) is 0 Å². The van der Waals surface area contributed by atoms with E-state index < -0.39 is 9.84 Å². The first-order valence-electron chi connectivity index (χ1n) is 17.7. The molecule has 0 atom stereocenters. The summed E-state index contributed by atoms with van der Waals surface area (Å²) in [6.45, 7) is 0. The molecule has 0 aliphatic carbocycles. The first-order chi connectivity index (χ1) is 26.0. The largest absolute Gasteiger partial charge is 0.311 e. The predicted octanol–water partition coefficient (Wildman–Crippen LogP) is 12.5. The fourth-order valence-electron chi connectivity index (χ4n) is 7.81. The molecule has 0 saturated heterocycles. The SMILES string of the molecule is O=S(=O)(c1ccc(-c2ccc(N(c3ccccc3)c3ccccc3)cc2)cc1)c1ccc(-c2cc3c4ccccc4n4c5ccccc5c(c2)c34)cc1. The molecule has 0 unspecified atom stereocenters. The third kappa shape index (κ3) is 5.08. The van der Waals surface area contributed by atoms with Gasteiger partial charge in [-0.1, -0.05) is 109 Å². The van der Waals surface area contributed by atoms with Crippen molar-refractivity contribution in [2.75, 3.05) is 4.90 Å². The molecule has 8 aromatic carbocycles. The van der Waals surface area contributed by atoms with E-state index in [0.717, 1.165) is 39.3 Å². The van der Waals surface area contributed by atoms with E-state index in [1.165, 1.54) is 38.1 Å². The average molecular weight is 701 g/mol. The number of aromatic nitrogens is 1. The molecule has 10 aromatic rings. The fourth-order valence-corrected chi connectivity index (χ4v) is 9.07. The Morgan fingerprint density at radius 1 is 0.358 bits per heavy atom. The lowest BCUT2D eigenvalue weighted by Crippen LogP contribution is -2.09. The smallest absolute Gasteiger partial charge is 0.206 e. The van der Waals surface area contributed by atoms with Gasteiger partial charge >= 0.3 is 0 Å². The van der Waals surface area contributed by atoms with E-state index in [1.54, 1.807) is 24.3 Å². The minimum Gasteiger partial charge on any atom is -0.311 e. The van der Waals surface area contributed by atoms with Gasteiger partial charge in [0.25, 0.3) is 0 Å². The van der Waals surface area contributed by atoms with E-state index in [-0.39, 0.29) is 9.79 Å². The van der Waals surface area contributed by atoms with Crippen LogP contribution in [0.5, 0.6) is 0 Å². The summed E-state index contributed by atoms with van der Waals surface area (Å²) in [4.78, 5) is 2.76. The van der Waals surface area contributed by atoms with E-state index in [2.05, 4.69) is 118 Å². The third-order valence-corrected chi connectivity index (χ3v) is 12.1. The van der Waals surface area contributed by atoms with Gasteiger partial charge in [-0.2, -0.15) is 0 Å². The Balaban J connectivity index is 0.942. The first kappa shape index (κ1) is 31.1. The molecule has 5 heteroatoms. The minimum atomic E-state index is -3.73. The Hall–Kier alpha value is -6.69. The second-order valence-electron chi connectivity index (χ2n) is 13.4. The molecular formula is C48H32N2O2S. The van der Waals surface area contributed by atoms with Crippen LogP contribution in [-0.2, 0) is 9.84 Å². The lowest BCUT2D eigenvalue weighted by atomic mass is 9.99. The quantitative estimate of drug-likeness (QED) is 0.166. The zero-order chi connectivity index (χ0) is 35.5. The maximum atomic E-state index is 13.8. The van der Waals surface area contributed by atoms with Crippen molar-refractivity contribution in [3.05, 3.63) is 194 Å². The van der Waals surface area contributed by atoms with Gasteiger partial charge in [-0.3, -0.25) is 0 Å². The first-order valence-corrected chi connectivity index (χ1v) is 19.2. The van der Waals surface area contributed by atoms with Crippen LogP contribution in [0.1, 0.15) is 0 Å². The molecular weight excluding hydrogens is 669 g/mol. The van der Waals surface area contributed by atoms with E-state index in [0.29, 0.717) is 0 Å². The molecule has 0 fully saturated rings. The highest BCUT2D eigenvalue weighted by Gasteiger charge is 2.21. The molecule has 0 aliphatic heterocycles. The molecule has 53 heavy (non-hydrogen) atoms. The van der Waals surface area contributed by atoms with Crippen molar-refractivity contribution in [2.45, 2.75) is 9.79 Å². The topological polar surface area (TPSA) is 41.8 Å². The van der Waals surface area contributed by atoms with Crippen LogP contribution in [0.3, 0.4) is 0 Å². The summed E-state index contributed by atoms with van der Waals surface area (Å²) in [5.74, 6) is 0. The number of nitrogens with zero attached hydrogens (tertiary/aromatic N) is 2. The summed E-state index contributed by atoms with van der Waals surface area (Å²) >= 11 is 0. The second-order valence-corrected chi connectivity index (χ2v) is 15.3. The molecule has 0 radical (unpaired) electrons. The van der Waals surface area contributed by atoms with Gasteiger partial charge in [0.05, 0.1) is 26.3 Å². The Bertz CT molecular complexity index is 2900. The van der Waals surface area contributed by atoms with Gasteiger partial charge in [0, 0.05) is 38.6 Å².